The SMILES string of the molecule is CCC1CCCC(C)CC(F)C1. The standard InChI is InChI=1S/C11H21F/c1-3-10-6-4-5-9(2)7-11(12)8-10/h9-11H,3-8H2,1-2H3. The number of hydrogen-bond donors (Lipinski definition) is 0. The molecule has 1 aliphatic carbocycles. The average Bonchev–Trinajstić information content (AvgIpc) is 1.99. The Labute approximate surface area is 75.5 Å². The second kappa shape index (κ2) is 4.84. The van der Waals surface area contributed by atoms with Gasteiger partial charge in [0.1, 0.15) is 6.17 Å². The predicted octanol–water partition coefficient (Wildman–Crippen LogP) is 3.95. The van der Waals surface area contributed by atoms with E-state index in [-0.39, 0.29) is 0 Å². The van der Waals surface area contributed by atoms with Gasteiger partial charge in [-0.25, -0.2) is 4.39 Å². The minimum absolute atomic E-state index is 0.523. The average molecular weight is 172 g/mol. The van der Waals surface area contributed by atoms with E-state index in [2.05, 4.69) is 13.8 Å². The molecule has 0 amide bonds. The van der Waals surface area contributed by atoms with Crippen molar-refractivity contribution in [1.82, 2.24) is 0 Å². The van der Waals surface area contributed by atoms with Crippen LogP contribution >= 0.6 is 0 Å². The van der Waals surface area contributed by atoms with E-state index in [4.69, 9.17) is 0 Å². The zero-order valence-corrected chi connectivity index (χ0v) is 8.35. The molecule has 72 valence electrons. The molecule has 0 saturated heterocycles. The Bertz CT molecular complexity index is 122. The van der Waals surface area contributed by atoms with Gasteiger partial charge in [0.2, 0.25) is 0 Å². The number of halogens is 1. The van der Waals surface area contributed by atoms with E-state index in [1.807, 2.05) is 0 Å². The van der Waals surface area contributed by atoms with Crippen molar-refractivity contribution in [3.63, 3.8) is 0 Å². The number of alkyl halides is 1. The first-order chi connectivity index (χ1) is 5.72. The van der Waals surface area contributed by atoms with Crippen molar-refractivity contribution in [2.24, 2.45) is 11.8 Å². The van der Waals surface area contributed by atoms with Crippen LogP contribution in [0.3, 0.4) is 0 Å². The van der Waals surface area contributed by atoms with E-state index < -0.39 is 6.17 Å². The van der Waals surface area contributed by atoms with E-state index >= 15 is 0 Å². The molecule has 0 nitrogen and oxygen atoms in total. The van der Waals surface area contributed by atoms with Crippen molar-refractivity contribution in [3.8, 4) is 0 Å². The van der Waals surface area contributed by atoms with Crippen LogP contribution in [0.1, 0.15) is 52.4 Å². The lowest BCUT2D eigenvalue weighted by atomic mass is 9.84. The van der Waals surface area contributed by atoms with Crippen molar-refractivity contribution in [2.75, 3.05) is 0 Å². The fourth-order valence-electron chi connectivity index (χ4n) is 2.26. The fraction of sp³-hybridized carbons (Fsp3) is 1.00. The molecule has 1 saturated carbocycles. The van der Waals surface area contributed by atoms with Crippen molar-refractivity contribution >= 4 is 0 Å². The maximum Gasteiger partial charge on any atom is 0.101 e. The first-order valence-corrected chi connectivity index (χ1v) is 5.36. The molecule has 0 aliphatic heterocycles. The summed E-state index contributed by atoms with van der Waals surface area (Å²) in [7, 11) is 0. The van der Waals surface area contributed by atoms with Crippen molar-refractivity contribution in [2.45, 2.75) is 58.5 Å². The molecular weight excluding hydrogens is 151 g/mol. The quantitative estimate of drug-likeness (QED) is 0.561. The third-order valence-corrected chi connectivity index (χ3v) is 3.13. The molecule has 0 spiro atoms. The fourth-order valence-corrected chi connectivity index (χ4v) is 2.26. The Balaban J connectivity index is 2.37. The van der Waals surface area contributed by atoms with Gasteiger partial charge in [0, 0.05) is 0 Å². The van der Waals surface area contributed by atoms with Gasteiger partial charge in [0.05, 0.1) is 0 Å². The first-order valence-electron chi connectivity index (χ1n) is 5.36. The van der Waals surface area contributed by atoms with Crippen molar-refractivity contribution in [1.29, 1.82) is 0 Å². The zero-order valence-electron chi connectivity index (χ0n) is 8.35. The van der Waals surface area contributed by atoms with Gasteiger partial charge in [-0.3, -0.25) is 0 Å². The summed E-state index contributed by atoms with van der Waals surface area (Å²) in [6.45, 7) is 4.36. The molecule has 1 heteroatoms. The van der Waals surface area contributed by atoms with Crippen LogP contribution in [-0.4, -0.2) is 6.17 Å². The van der Waals surface area contributed by atoms with Gasteiger partial charge in [-0.1, -0.05) is 39.5 Å². The second-order valence-corrected chi connectivity index (χ2v) is 4.38. The summed E-state index contributed by atoms with van der Waals surface area (Å²) in [6.07, 6.45) is 6.06. The van der Waals surface area contributed by atoms with Crippen molar-refractivity contribution in [3.05, 3.63) is 0 Å². The third-order valence-electron chi connectivity index (χ3n) is 3.13. The lowest BCUT2D eigenvalue weighted by Crippen LogP contribution is -2.16. The summed E-state index contributed by atoms with van der Waals surface area (Å²) in [5, 5.41) is 0. The molecule has 0 aromatic rings. The van der Waals surface area contributed by atoms with Gasteiger partial charge in [-0.05, 0) is 24.7 Å². The Morgan fingerprint density at radius 2 is 2.00 bits per heavy atom. The first kappa shape index (κ1) is 10.0. The molecule has 0 aromatic carbocycles. The Morgan fingerprint density at radius 1 is 1.25 bits per heavy atom. The van der Waals surface area contributed by atoms with Gasteiger partial charge in [-0.15, -0.1) is 0 Å². The molecule has 1 aliphatic rings. The van der Waals surface area contributed by atoms with E-state index in [1.165, 1.54) is 19.3 Å². The second-order valence-electron chi connectivity index (χ2n) is 4.38. The molecule has 0 N–H and O–H groups in total. The number of hydrogen-bond acceptors (Lipinski definition) is 0. The van der Waals surface area contributed by atoms with Crippen LogP contribution in [0.4, 0.5) is 4.39 Å². The van der Waals surface area contributed by atoms with Crippen LogP contribution in [0.5, 0.6) is 0 Å². The molecule has 0 heterocycles. The highest BCUT2D eigenvalue weighted by atomic mass is 19.1. The van der Waals surface area contributed by atoms with Crippen LogP contribution < -0.4 is 0 Å². The van der Waals surface area contributed by atoms with E-state index in [9.17, 15) is 4.39 Å². The molecule has 12 heavy (non-hydrogen) atoms. The van der Waals surface area contributed by atoms with Crippen LogP contribution in [-0.2, 0) is 0 Å². The van der Waals surface area contributed by atoms with Crippen molar-refractivity contribution < 1.29 is 4.39 Å². The molecule has 3 unspecified atom stereocenters. The normalized spacial score (nSPS) is 38.8. The molecule has 1 rings (SSSR count). The summed E-state index contributed by atoms with van der Waals surface area (Å²) in [6, 6.07) is 0. The van der Waals surface area contributed by atoms with Crippen LogP contribution in [0.2, 0.25) is 0 Å². The predicted molar refractivity (Wildman–Crippen MR) is 50.9 cm³/mol. The molecule has 3 atom stereocenters. The molecular formula is C11H21F. The van der Waals surface area contributed by atoms with E-state index in [1.54, 1.807) is 0 Å². The summed E-state index contributed by atoms with van der Waals surface area (Å²) >= 11 is 0. The summed E-state index contributed by atoms with van der Waals surface area (Å²) in [5.74, 6) is 1.27. The summed E-state index contributed by atoms with van der Waals surface area (Å²) in [4.78, 5) is 0. The Hall–Kier alpha value is -0.0700. The van der Waals surface area contributed by atoms with Gasteiger partial charge in [-0.2, -0.15) is 0 Å². The smallest absolute Gasteiger partial charge is 0.101 e. The lowest BCUT2D eigenvalue weighted by Gasteiger charge is -2.24. The number of rotatable bonds is 1. The lowest BCUT2D eigenvalue weighted by molar-refractivity contribution is 0.191. The maximum absolute atomic E-state index is 13.3. The largest absolute Gasteiger partial charge is 0.247 e. The maximum atomic E-state index is 13.3. The van der Waals surface area contributed by atoms with E-state index in [0.29, 0.717) is 11.8 Å². The monoisotopic (exact) mass is 172 g/mol. The highest BCUT2D eigenvalue weighted by Crippen LogP contribution is 2.29. The van der Waals surface area contributed by atoms with Gasteiger partial charge >= 0.3 is 0 Å². The Kier molecular flexibility index (Phi) is 4.03. The highest BCUT2D eigenvalue weighted by molar-refractivity contribution is 4.71. The van der Waals surface area contributed by atoms with Crippen LogP contribution in [0, 0.1) is 11.8 Å². The van der Waals surface area contributed by atoms with Gasteiger partial charge in [0.15, 0.2) is 0 Å². The van der Waals surface area contributed by atoms with Crippen LogP contribution in [0.25, 0.3) is 0 Å². The highest BCUT2D eigenvalue weighted by Gasteiger charge is 2.20. The van der Waals surface area contributed by atoms with Crippen LogP contribution in [0.15, 0.2) is 0 Å². The summed E-state index contributed by atoms with van der Waals surface area (Å²) < 4.78 is 13.3. The topological polar surface area (TPSA) is 0 Å². The van der Waals surface area contributed by atoms with E-state index in [0.717, 1.165) is 19.3 Å². The minimum atomic E-state index is -0.523. The third kappa shape index (κ3) is 3.12. The molecule has 0 bridgehead atoms. The molecule has 0 radical (unpaired) electrons. The zero-order chi connectivity index (χ0) is 8.97. The summed E-state index contributed by atoms with van der Waals surface area (Å²) in [5.41, 5.74) is 0. The van der Waals surface area contributed by atoms with Gasteiger partial charge < -0.3 is 0 Å². The molecule has 0 aromatic heterocycles. The Morgan fingerprint density at radius 3 is 2.67 bits per heavy atom. The molecule has 1 fully saturated rings. The van der Waals surface area contributed by atoms with Gasteiger partial charge in [0.25, 0.3) is 0 Å². The minimum Gasteiger partial charge on any atom is -0.247 e.